The van der Waals surface area contributed by atoms with Crippen molar-refractivity contribution in [2.45, 2.75) is 26.3 Å². The molecule has 1 saturated heterocycles. The molecule has 0 bridgehead atoms. The van der Waals surface area contributed by atoms with Gasteiger partial charge in [-0.1, -0.05) is 25.1 Å². The molecule has 2 aromatic carbocycles. The molecule has 1 aliphatic rings. The van der Waals surface area contributed by atoms with Crippen molar-refractivity contribution in [1.29, 1.82) is 0 Å². The molecule has 0 aliphatic carbocycles. The number of ether oxygens (including phenoxy) is 1. The van der Waals surface area contributed by atoms with Gasteiger partial charge >= 0.3 is 0 Å². The minimum absolute atomic E-state index is 0.0241. The average molecular weight is 463 g/mol. The van der Waals surface area contributed by atoms with Crippen LogP contribution in [-0.2, 0) is 16.1 Å². The second kappa shape index (κ2) is 9.74. The lowest BCUT2D eigenvalue weighted by Gasteiger charge is -2.17. The molecule has 0 saturated carbocycles. The first-order valence-electron chi connectivity index (χ1n) is 11.0. The SMILES string of the molecule is CCCn1nc(C(=O)NNC(=O)C2CC(=O)N(c3ccc(OC)cc3)C2)c2ccccc2c1=O. The van der Waals surface area contributed by atoms with Crippen LogP contribution >= 0.6 is 0 Å². The molecule has 3 aromatic rings. The van der Waals surface area contributed by atoms with E-state index in [-0.39, 0.29) is 30.1 Å². The molecule has 176 valence electrons. The minimum Gasteiger partial charge on any atom is -0.497 e. The van der Waals surface area contributed by atoms with Crippen molar-refractivity contribution in [2.75, 3.05) is 18.6 Å². The summed E-state index contributed by atoms with van der Waals surface area (Å²) < 4.78 is 6.38. The predicted molar refractivity (Wildman–Crippen MR) is 125 cm³/mol. The Hall–Kier alpha value is -4.21. The maximum atomic E-state index is 12.9. The summed E-state index contributed by atoms with van der Waals surface area (Å²) in [6.07, 6.45) is 0.694. The number of methoxy groups -OCH3 is 1. The quantitative estimate of drug-likeness (QED) is 0.536. The molecule has 34 heavy (non-hydrogen) atoms. The topological polar surface area (TPSA) is 123 Å². The Morgan fingerprint density at radius 3 is 2.44 bits per heavy atom. The Morgan fingerprint density at radius 1 is 1.06 bits per heavy atom. The van der Waals surface area contributed by atoms with Gasteiger partial charge in [-0.15, -0.1) is 0 Å². The first kappa shape index (κ1) is 23.0. The molecule has 0 spiro atoms. The highest BCUT2D eigenvalue weighted by atomic mass is 16.5. The number of hydrogen-bond donors (Lipinski definition) is 2. The van der Waals surface area contributed by atoms with E-state index in [1.807, 2.05) is 6.92 Å². The van der Waals surface area contributed by atoms with E-state index in [0.29, 0.717) is 35.2 Å². The zero-order valence-corrected chi connectivity index (χ0v) is 18.9. The standard InChI is InChI=1S/C24H25N5O5/c1-3-12-29-24(33)19-7-5-4-6-18(19)21(27-29)23(32)26-25-22(31)15-13-20(30)28(14-15)16-8-10-17(34-2)11-9-16/h4-11,15H,3,12-14H2,1-2H3,(H,25,31)(H,26,32). The lowest BCUT2D eigenvalue weighted by atomic mass is 10.1. The van der Waals surface area contributed by atoms with E-state index in [2.05, 4.69) is 16.0 Å². The highest BCUT2D eigenvalue weighted by molar-refractivity contribution is 6.06. The van der Waals surface area contributed by atoms with Gasteiger partial charge in [0.1, 0.15) is 5.75 Å². The van der Waals surface area contributed by atoms with E-state index in [1.54, 1.807) is 55.6 Å². The monoisotopic (exact) mass is 463 g/mol. The van der Waals surface area contributed by atoms with Gasteiger partial charge in [-0.2, -0.15) is 5.10 Å². The third kappa shape index (κ3) is 4.47. The number of amides is 3. The summed E-state index contributed by atoms with van der Waals surface area (Å²) >= 11 is 0. The first-order chi connectivity index (χ1) is 16.4. The Balaban J connectivity index is 1.46. The normalized spacial score (nSPS) is 15.4. The second-order valence-electron chi connectivity index (χ2n) is 7.97. The fraction of sp³-hybridized carbons (Fsp3) is 0.292. The van der Waals surface area contributed by atoms with Crippen LogP contribution in [-0.4, -0.2) is 41.2 Å². The molecule has 0 radical (unpaired) electrons. The van der Waals surface area contributed by atoms with Crippen molar-refractivity contribution >= 4 is 34.2 Å². The van der Waals surface area contributed by atoms with Gasteiger partial charge in [0.05, 0.1) is 18.4 Å². The Morgan fingerprint density at radius 2 is 1.76 bits per heavy atom. The molecule has 1 aliphatic heterocycles. The summed E-state index contributed by atoms with van der Waals surface area (Å²) in [6.45, 7) is 2.46. The molecular weight excluding hydrogens is 438 g/mol. The van der Waals surface area contributed by atoms with Crippen molar-refractivity contribution in [2.24, 2.45) is 5.92 Å². The van der Waals surface area contributed by atoms with Gasteiger partial charge in [0.2, 0.25) is 11.8 Å². The van der Waals surface area contributed by atoms with Crippen LogP contribution in [0.2, 0.25) is 0 Å². The largest absolute Gasteiger partial charge is 0.497 e. The van der Waals surface area contributed by atoms with E-state index >= 15 is 0 Å². The van der Waals surface area contributed by atoms with Gasteiger partial charge in [0, 0.05) is 30.6 Å². The number of aromatic nitrogens is 2. The van der Waals surface area contributed by atoms with Crippen LogP contribution in [0.3, 0.4) is 0 Å². The molecule has 10 nitrogen and oxygen atoms in total. The number of nitrogens with zero attached hydrogens (tertiary/aromatic N) is 3. The fourth-order valence-corrected chi connectivity index (χ4v) is 3.94. The second-order valence-corrected chi connectivity index (χ2v) is 7.97. The Bertz CT molecular complexity index is 1300. The number of hydrazine groups is 1. The van der Waals surface area contributed by atoms with Gasteiger partial charge in [0.25, 0.3) is 11.5 Å². The van der Waals surface area contributed by atoms with Crippen LogP contribution < -0.4 is 26.0 Å². The van der Waals surface area contributed by atoms with Gasteiger partial charge in [-0.25, -0.2) is 4.68 Å². The van der Waals surface area contributed by atoms with Gasteiger partial charge in [-0.3, -0.25) is 30.0 Å². The lowest BCUT2D eigenvalue weighted by Crippen LogP contribution is -2.46. The molecule has 1 unspecified atom stereocenters. The fourth-order valence-electron chi connectivity index (χ4n) is 3.94. The maximum absolute atomic E-state index is 12.9. The summed E-state index contributed by atoms with van der Waals surface area (Å²) in [4.78, 5) is 52.2. The van der Waals surface area contributed by atoms with Crippen molar-refractivity contribution < 1.29 is 19.1 Å². The molecule has 4 rings (SSSR count). The number of aryl methyl sites for hydroxylation is 1. The van der Waals surface area contributed by atoms with E-state index in [4.69, 9.17) is 4.74 Å². The van der Waals surface area contributed by atoms with Crippen LogP contribution in [0.4, 0.5) is 5.69 Å². The number of nitrogens with one attached hydrogen (secondary N) is 2. The van der Waals surface area contributed by atoms with Crippen molar-refractivity contribution in [3.63, 3.8) is 0 Å². The number of anilines is 1. The number of carbonyl (C=O) groups excluding carboxylic acids is 3. The lowest BCUT2D eigenvalue weighted by molar-refractivity contribution is -0.126. The van der Waals surface area contributed by atoms with Gasteiger partial charge in [0.15, 0.2) is 5.69 Å². The van der Waals surface area contributed by atoms with Crippen LogP contribution in [0.5, 0.6) is 5.75 Å². The van der Waals surface area contributed by atoms with Crippen molar-refractivity contribution in [3.8, 4) is 5.75 Å². The van der Waals surface area contributed by atoms with E-state index in [0.717, 1.165) is 0 Å². The highest BCUT2D eigenvalue weighted by Gasteiger charge is 2.35. The molecule has 10 heteroatoms. The predicted octanol–water partition coefficient (Wildman–Crippen LogP) is 1.63. The molecule has 2 N–H and O–H groups in total. The highest BCUT2D eigenvalue weighted by Crippen LogP contribution is 2.26. The molecule has 1 aromatic heterocycles. The molecule has 1 atom stereocenters. The Labute approximate surface area is 195 Å². The van der Waals surface area contributed by atoms with Crippen molar-refractivity contribution in [1.82, 2.24) is 20.6 Å². The zero-order valence-electron chi connectivity index (χ0n) is 18.9. The molecule has 1 fully saturated rings. The smallest absolute Gasteiger partial charge is 0.290 e. The van der Waals surface area contributed by atoms with Crippen LogP contribution in [0.1, 0.15) is 30.3 Å². The van der Waals surface area contributed by atoms with Crippen LogP contribution in [0, 0.1) is 5.92 Å². The average Bonchev–Trinajstić information content (AvgIpc) is 3.26. The minimum atomic E-state index is -0.647. The molecular formula is C24H25N5O5. The van der Waals surface area contributed by atoms with Gasteiger partial charge < -0.3 is 9.64 Å². The van der Waals surface area contributed by atoms with E-state index in [1.165, 1.54) is 9.58 Å². The third-order valence-corrected chi connectivity index (χ3v) is 5.70. The molecule has 3 amide bonds. The maximum Gasteiger partial charge on any atom is 0.290 e. The summed E-state index contributed by atoms with van der Waals surface area (Å²) in [5.74, 6) is -1.28. The molecule has 2 heterocycles. The summed E-state index contributed by atoms with van der Waals surface area (Å²) in [5.41, 5.74) is 5.20. The third-order valence-electron chi connectivity index (χ3n) is 5.70. The van der Waals surface area contributed by atoms with Gasteiger partial charge in [-0.05, 0) is 36.8 Å². The Kier molecular flexibility index (Phi) is 6.58. The number of benzene rings is 2. The number of fused-ring (bicyclic) bond motifs is 1. The summed E-state index contributed by atoms with van der Waals surface area (Å²) in [6, 6.07) is 13.7. The first-order valence-corrected chi connectivity index (χ1v) is 11.0. The van der Waals surface area contributed by atoms with E-state index < -0.39 is 17.7 Å². The van der Waals surface area contributed by atoms with E-state index in [9.17, 15) is 19.2 Å². The number of rotatable bonds is 6. The number of carbonyl (C=O) groups is 3. The van der Waals surface area contributed by atoms with Crippen LogP contribution in [0.15, 0.2) is 53.3 Å². The van der Waals surface area contributed by atoms with Crippen molar-refractivity contribution in [3.05, 3.63) is 64.6 Å². The zero-order chi connectivity index (χ0) is 24.2. The summed E-state index contributed by atoms with van der Waals surface area (Å²) in [5, 5.41) is 4.98. The summed E-state index contributed by atoms with van der Waals surface area (Å²) in [7, 11) is 1.56. The number of hydrogen-bond acceptors (Lipinski definition) is 6. The van der Waals surface area contributed by atoms with Crippen LogP contribution in [0.25, 0.3) is 10.8 Å².